The van der Waals surface area contributed by atoms with E-state index in [9.17, 15) is 17.6 Å². The van der Waals surface area contributed by atoms with Crippen molar-refractivity contribution in [2.24, 2.45) is 0 Å². The number of halogens is 1. The summed E-state index contributed by atoms with van der Waals surface area (Å²) >= 11 is 0. The molecule has 0 bridgehead atoms. The molecule has 1 aromatic rings. The Morgan fingerprint density at radius 3 is 2.61 bits per heavy atom. The number of benzene rings is 1. The zero-order valence-corrected chi connectivity index (χ0v) is 10.1. The van der Waals surface area contributed by atoms with Gasteiger partial charge in [-0.1, -0.05) is 0 Å². The molecule has 0 atom stereocenters. The van der Waals surface area contributed by atoms with E-state index in [2.05, 4.69) is 4.72 Å². The molecule has 0 saturated heterocycles. The van der Waals surface area contributed by atoms with Gasteiger partial charge in [0, 0.05) is 12.5 Å². The average Bonchev–Trinajstić information content (AvgIpc) is 2.22. The van der Waals surface area contributed by atoms with Crippen LogP contribution in [0.1, 0.15) is 12.8 Å². The molecule has 8 heteroatoms. The van der Waals surface area contributed by atoms with Crippen molar-refractivity contribution in [1.82, 2.24) is 0 Å². The van der Waals surface area contributed by atoms with E-state index >= 15 is 0 Å². The van der Waals surface area contributed by atoms with E-state index in [1.54, 1.807) is 0 Å². The normalized spacial score (nSPS) is 11.2. The van der Waals surface area contributed by atoms with Crippen molar-refractivity contribution in [3.05, 3.63) is 24.0 Å². The number of carbonyl (C=O) groups is 1. The standard InChI is InChI=1S/C10H12FNO5S/c11-8-6-7(3-4-9(8)13)12-18(16,17)5-1-2-10(14)15/h3-4,6,12-13H,1-2,5H2,(H,14,15). The number of phenolic OH excluding ortho intramolecular Hbond substituents is 1. The van der Waals surface area contributed by atoms with Crippen LogP contribution in [0.4, 0.5) is 10.1 Å². The Balaban J connectivity index is 2.64. The average molecular weight is 277 g/mol. The minimum atomic E-state index is -3.72. The third-order valence-corrected chi connectivity index (χ3v) is 3.40. The molecule has 0 radical (unpaired) electrons. The fourth-order valence-corrected chi connectivity index (χ4v) is 2.33. The van der Waals surface area contributed by atoms with Crippen LogP contribution in [0.25, 0.3) is 0 Å². The van der Waals surface area contributed by atoms with E-state index < -0.39 is 27.6 Å². The number of carboxylic acids is 1. The topological polar surface area (TPSA) is 104 Å². The van der Waals surface area contributed by atoms with Gasteiger partial charge in [-0.25, -0.2) is 12.8 Å². The molecule has 0 spiro atoms. The van der Waals surface area contributed by atoms with Crippen LogP contribution in [0.3, 0.4) is 0 Å². The smallest absolute Gasteiger partial charge is 0.303 e. The Bertz CT molecular complexity index is 543. The summed E-state index contributed by atoms with van der Waals surface area (Å²) in [6, 6.07) is 3.06. The van der Waals surface area contributed by atoms with Gasteiger partial charge < -0.3 is 10.2 Å². The molecular weight excluding hydrogens is 265 g/mol. The van der Waals surface area contributed by atoms with Gasteiger partial charge in [-0.15, -0.1) is 0 Å². The zero-order valence-electron chi connectivity index (χ0n) is 9.26. The molecule has 1 rings (SSSR count). The molecule has 0 saturated carbocycles. The van der Waals surface area contributed by atoms with Crippen LogP contribution in [0.2, 0.25) is 0 Å². The number of hydrogen-bond acceptors (Lipinski definition) is 4. The summed E-state index contributed by atoms with van der Waals surface area (Å²) in [6.07, 6.45) is -0.296. The highest BCUT2D eigenvalue weighted by Gasteiger charge is 2.12. The first-order valence-electron chi connectivity index (χ1n) is 5.01. The number of nitrogens with one attached hydrogen (secondary N) is 1. The third kappa shape index (κ3) is 4.58. The maximum absolute atomic E-state index is 12.9. The molecule has 0 unspecified atom stereocenters. The number of rotatable bonds is 6. The van der Waals surface area contributed by atoms with Gasteiger partial charge in [-0.05, 0) is 18.6 Å². The minimum absolute atomic E-state index is 0.0272. The number of aliphatic carboxylic acids is 1. The van der Waals surface area contributed by atoms with Crippen LogP contribution in [0.5, 0.6) is 5.75 Å². The molecule has 0 amide bonds. The van der Waals surface area contributed by atoms with Crippen LogP contribution in [0, 0.1) is 5.82 Å². The number of anilines is 1. The van der Waals surface area contributed by atoms with Crippen LogP contribution in [0.15, 0.2) is 18.2 Å². The molecule has 18 heavy (non-hydrogen) atoms. The van der Waals surface area contributed by atoms with E-state index in [1.165, 1.54) is 6.07 Å². The number of phenols is 1. The Hall–Kier alpha value is -1.83. The van der Waals surface area contributed by atoms with Crippen molar-refractivity contribution in [3.8, 4) is 5.75 Å². The second-order valence-electron chi connectivity index (χ2n) is 3.58. The first kappa shape index (κ1) is 14.2. The van der Waals surface area contributed by atoms with Crippen molar-refractivity contribution >= 4 is 21.7 Å². The Labute approximate surface area is 103 Å². The second-order valence-corrected chi connectivity index (χ2v) is 5.43. The molecule has 1 aromatic carbocycles. The largest absolute Gasteiger partial charge is 0.505 e. The predicted molar refractivity (Wildman–Crippen MR) is 62.3 cm³/mol. The van der Waals surface area contributed by atoms with Gasteiger partial charge in [-0.3, -0.25) is 9.52 Å². The lowest BCUT2D eigenvalue weighted by Crippen LogP contribution is -2.17. The summed E-state index contributed by atoms with van der Waals surface area (Å²) in [4.78, 5) is 10.2. The molecule has 0 fully saturated rings. The van der Waals surface area contributed by atoms with Crippen LogP contribution < -0.4 is 4.72 Å². The second kappa shape index (κ2) is 5.67. The van der Waals surface area contributed by atoms with E-state index in [0.717, 1.165) is 12.1 Å². The first-order valence-corrected chi connectivity index (χ1v) is 6.66. The van der Waals surface area contributed by atoms with Gasteiger partial charge in [0.2, 0.25) is 10.0 Å². The quantitative estimate of drug-likeness (QED) is 0.676. The van der Waals surface area contributed by atoms with Crippen molar-refractivity contribution < 1.29 is 27.8 Å². The third-order valence-electron chi connectivity index (χ3n) is 2.02. The van der Waals surface area contributed by atoms with Crippen molar-refractivity contribution in [2.75, 3.05) is 10.5 Å². The molecular formula is C10H12FNO5S. The summed E-state index contributed by atoms with van der Waals surface area (Å²) in [5.74, 6) is -2.98. The highest BCUT2D eigenvalue weighted by molar-refractivity contribution is 7.92. The number of sulfonamides is 1. The number of carboxylic acid groups (broad SMARTS) is 1. The van der Waals surface area contributed by atoms with E-state index in [-0.39, 0.29) is 24.3 Å². The van der Waals surface area contributed by atoms with Gasteiger partial charge >= 0.3 is 5.97 Å². The van der Waals surface area contributed by atoms with Gasteiger partial charge in [0.15, 0.2) is 11.6 Å². The van der Waals surface area contributed by atoms with Crippen LogP contribution in [-0.2, 0) is 14.8 Å². The van der Waals surface area contributed by atoms with Gasteiger partial charge in [0.1, 0.15) is 0 Å². The summed E-state index contributed by atoms with van der Waals surface area (Å²) in [7, 11) is -3.72. The van der Waals surface area contributed by atoms with E-state index in [4.69, 9.17) is 10.2 Å². The number of aromatic hydroxyl groups is 1. The maximum Gasteiger partial charge on any atom is 0.303 e. The molecule has 100 valence electrons. The molecule has 3 N–H and O–H groups in total. The van der Waals surface area contributed by atoms with Crippen molar-refractivity contribution in [1.29, 1.82) is 0 Å². The van der Waals surface area contributed by atoms with Crippen molar-refractivity contribution in [3.63, 3.8) is 0 Å². The van der Waals surface area contributed by atoms with Crippen molar-refractivity contribution in [2.45, 2.75) is 12.8 Å². The van der Waals surface area contributed by atoms with Crippen LogP contribution in [-0.4, -0.2) is 30.4 Å². The highest BCUT2D eigenvalue weighted by atomic mass is 32.2. The molecule has 6 nitrogen and oxygen atoms in total. The molecule has 0 aliphatic carbocycles. The maximum atomic E-state index is 12.9. The Kier molecular flexibility index (Phi) is 4.49. The van der Waals surface area contributed by atoms with Gasteiger partial charge in [0.25, 0.3) is 0 Å². The summed E-state index contributed by atoms with van der Waals surface area (Å²) in [5, 5.41) is 17.3. The molecule has 0 heterocycles. The fraction of sp³-hybridized carbons (Fsp3) is 0.300. The molecule has 0 aromatic heterocycles. The Morgan fingerprint density at radius 1 is 1.39 bits per heavy atom. The summed E-state index contributed by atoms with van der Waals surface area (Å²) < 4.78 is 38.0. The van der Waals surface area contributed by atoms with E-state index in [1.807, 2.05) is 0 Å². The highest BCUT2D eigenvalue weighted by Crippen LogP contribution is 2.20. The first-order chi connectivity index (χ1) is 8.30. The lowest BCUT2D eigenvalue weighted by Gasteiger charge is -2.07. The lowest BCUT2D eigenvalue weighted by atomic mass is 10.3. The monoisotopic (exact) mass is 277 g/mol. The summed E-state index contributed by atoms with van der Waals surface area (Å²) in [5.41, 5.74) is -0.0272. The molecule has 0 aliphatic heterocycles. The summed E-state index contributed by atoms with van der Waals surface area (Å²) in [6.45, 7) is 0. The fourth-order valence-electron chi connectivity index (χ4n) is 1.21. The van der Waals surface area contributed by atoms with E-state index in [0.29, 0.717) is 0 Å². The zero-order chi connectivity index (χ0) is 13.8. The van der Waals surface area contributed by atoms with Gasteiger partial charge in [-0.2, -0.15) is 0 Å². The number of hydrogen-bond donors (Lipinski definition) is 3. The minimum Gasteiger partial charge on any atom is -0.505 e. The predicted octanol–water partition coefficient (Wildman–Crippen LogP) is 1.14. The SMILES string of the molecule is O=C(O)CCCS(=O)(=O)Nc1ccc(O)c(F)c1. The van der Waals surface area contributed by atoms with Crippen LogP contribution >= 0.6 is 0 Å². The molecule has 0 aliphatic rings. The lowest BCUT2D eigenvalue weighted by molar-refractivity contribution is -0.137. The van der Waals surface area contributed by atoms with Gasteiger partial charge in [0.05, 0.1) is 11.4 Å². The Morgan fingerprint density at radius 2 is 2.06 bits per heavy atom.